The molecule has 8 heteroatoms. The average Bonchev–Trinajstić information content (AvgIpc) is 3.22. The smallest absolute Gasteiger partial charge is 0.354 e. The van der Waals surface area contributed by atoms with Gasteiger partial charge in [-0.3, -0.25) is 0 Å². The van der Waals surface area contributed by atoms with Crippen molar-refractivity contribution in [2.24, 2.45) is 0 Å². The van der Waals surface area contributed by atoms with E-state index in [-0.39, 0.29) is 11.6 Å². The van der Waals surface area contributed by atoms with E-state index in [1.807, 2.05) is 42.7 Å². The Kier molecular flexibility index (Phi) is 4.72. The van der Waals surface area contributed by atoms with Crippen molar-refractivity contribution >= 4 is 28.6 Å². The molecule has 1 aliphatic heterocycles. The van der Waals surface area contributed by atoms with Crippen LogP contribution >= 0.6 is 22.9 Å². The molecule has 1 aliphatic rings. The molecule has 0 amide bonds. The predicted octanol–water partition coefficient (Wildman–Crippen LogP) is 3.92. The molecule has 0 N–H and O–H groups in total. The molecule has 0 spiro atoms. The van der Waals surface area contributed by atoms with E-state index in [1.54, 1.807) is 18.6 Å². The molecule has 6 nitrogen and oxygen atoms in total. The fraction of sp³-hybridized carbons (Fsp3) is 0.227. The molecule has 152 valence electrons. The fourth-order valence-corrected chi connectivity index (χ4v) is 5.29. The Hall–Kier alpha value is -2.90. The standard InChI is InChI=1S/C22H19ClN3O3S/c1-28-15-8-5-13(6-9-15)18-20(27)25-11-3-4-14-7-10-16(17-12-24-22(23)30-17)26(19(14)25)21(18)29-2/h3-6,8-9,11-12,16H,7,10H2,1-2H3/q+1. The van der Waals surface area contributed by atoms with Crippen LogP contribution in [0.15, 0.2) is 53.6 Å². The van der Waals surface area contributed by atoms with Gasteiger partial charge in [0.2, 0.25) is 0 Å². The summed E-state index contributed by atoms with van der Waals surface area (Å²) in [4.78, 5) is 18.8. The molecule has 4 aromatic rings. The van der Waals surface area contributed by atoms with E-state index in [0.29, 0.717) is 15.9 Å². The van der Waals surface area contributed by atoms with Gasteiger partial charge in [0.1, 0.15) is 11.8 Å². The van der Waals surface area contributed by atoms with Crippen LogP contribution in [0.5, 0.6) is 11.6 Å². The van der Waals surface area contributed by atoms with Gasteiger partial charge in [0.15, 0.2) is 10.0 Å². The number of nitrogens with zero attached hydrogens (tertiary/aromatic N) is 3. The minimum absolute atomic E-state index is 0.0209. The minimum Gasteiger partial charge on any atom is -0.497 e. The number of methoxy groups -OCH3 is 2. The van der Waals surface area contributed by atoms with E-state index in [1.165, 1.54) is 11.3 Å². The van der Waals surface area contributed by atoms with Crippen LogP contribution in [-0.2, 0) is 6.42 Å². The van der Waals surface area contributed by atoms with E-state index in [2.05, 4.69) is 15.6 Å². The molecule has 1 unspecified atom stereocenters. The molecule has 4 heterocycles. The maximum absolute atomic E-state index is 13.6. The monoisotopic (exact) mass is 440 g/mol. The van der Waals surface area contributed by atoms with Gasteiger partial charge in [0, 0.05) is 11.8 Å². The van der Waals surface area contributed by atoms with Gasteiger partial charge in [-0.25, -0.2) is 9.78 Å². The van der Waals surface area contributed by atoms with Crippen LogP contribution in [0.4, 0.5) is 0 Å². The van der Waals surface area contributed by atoms with Crippen LogP contribution in [0.3, 0.4) is 0 Å². The number of ether oxygens (including phenoxy) is 2. The number of thiazole rings is 1. The molecule has 0 bridgehead atoms. The van der Waals surface area contributed by atoms with Crippen molar-refractivity contribution < 1.29 is 14.0 Å². The van der Waals surface area contributed by atoms with Crippen LogP contribution < -0.4 is 19.6 Å². The molecule has 1 atom stereocenters. The van der Waals surface area contributed by atoms with Crippen molar-refractivity contribution in [3.63, 3.8) is 0 Å². The largest absolute Gasteiger partial charge is 0.497 e. The number of hydrogen-bond donors (Lipinski definition) is 0. The minimum atomic E-state index is -0.117. The summed E-state index contributed by atoms with van der Waals surface area (Å²) in [5.74, 6) is 1.26. The molecule has 0 radical (unpaired) electrons. The SMILES string of the molecule is COc1ccc(-c2c(OC)[n+]3c4c(cccn4c2=O)CCC3c2cnc(Cl)s2)cc1. The second-order valence-electron chi connectivity index (χ2n) is 7.09. The van der Waals surface area contributed by atoms with Crippen LogP contribution in [0.25, 0.3) is 16.8 Å². The summed E-state index contributed by atoms with van der Waals surface area (Å²) in [7, 11) is 3.22. The second-order valence-corrected chi connectivity index (χ2v) is 8.73. The van der Waals surface area contributed by atoms with Gasteiger partial charge < -0.3 is 9.47 Å². The quantitative estimate of drug-likeness (QED) is 0.451. The second kappa shape index (κ2) is 7.41. The van der Waals surface area contributed by atoms with Gasteiger partial charge in [-0.15, -0.1) is 11.3 Å². The van der Waals surface area contributed by atoms with Crippen molar-refractivity contribution in [3.8, 4) is 22.8 Å². The molecule has 3 aromatic heterocycles. The van der Waals surface area contributed by atoms with Crippen LogP contribution in [0.2, 0.25) is 4.47 Å². The lowest BCUT2D eigenvalue weighted by Crippen LogP contribution is -2.49. The molecular weight excluding hydrogens is 422 g/mol. The van der Waals surface area contributed by atoms with E-state index in [9.17, 15) is 4.79 Å². The highest BCUT2D eigenvalue weighted by molar-refractivity contribution is 7.15. The Balaban J connectivity index is 1.87. The normalized spacial score (nSPS) is 15.4. The molecule has 0 fully saturated rings. The lowest BCUT2D eigenvalue weighted by Gasteiger charge is -2.24. The summed E-state index contributed by atoms with van der Waals surface area (Å²) >= 11 is 7.59. The van der Waals surface area contributed by atoms with Crippen molar-refractivity contribution in [2.45, 2.75) is 18.9 Å². The van der Waals surface area contributed by atoms with Crippen LogP contribution in [0.1, 0.15) is 22.9 Å². The molecule has 30 heavy (non-hydrogen) atoms. The van der Waals surface area contributed by atoms with Crippen molar-refractivity contribution in [1.29, 1.82) is 0 Å². The van der Waals surface area contributed by atoms with Gasteiger partial charge in [-0.05, 0) is 42.7 Å². The maximum Gasteiger partial charge on any atom is 0.354 e. The topological polar surface area (TPSA) is 56.7 Å². The zero-order valence-corrected chi connectivity index (χ0v) is 18.0. The highest BCUT2D eigenvalue weighted by atomic mass is 35.5. The highest BCUT2D eigenvalue weighted by Crippen LogP contribution is 2.35. The Morgan fingerprint density at radius 1 is 1.20 bits per heavy atom. The fourth-order valence-electron chi connectivity index (χ4n) is 4.21. The average molecular weight is 441 g/mol. The first-order valence-electron chi connectivity index (χ1n) is 9.53. The highest BCUT2D eigenvalue weighted by Gasteiger charge is 2.37. The third-order valence-electron chi connectivity index (χ3n) is 5.54. The van der Waals surface area contributed by atoms with E-state index in [4.69, 9.17) is 21.1 Å². The molecule has 0 saturated heterocycles. The van der Waals surface area contributed by atoms with Gasteiger partial charge in [-0.2, -0.15) is 8.97 Å². The Labute approximate surface area is 181 Å². The van der Waals surface area contributed by atoms with Crippen LogP contribution in [0, 0.1) is 0 Å². The first-order valence-corrected chi connectivity index (χ1v) is 10.7. The zero-order valence-electron chi connectivity index (χ0n) is 16.5. The third kappa shape index (κ3) is 2.88. The molecule has 0 aliphatic carbocycles. The first kappa shape index (κ1) is 19.1. The number of hydrogen-bond acceptors (Lipinski definition) is 5. The Morgan fingerprint density at radius 2 is 2.00 bits per heavy atom. The summed E-state index contributed by atoms with van der Waals surface area (Å²) in [6.45, 7) is 0. The van der Waals surface area contributed by atoms with Gasteiger partial charge in [0.25, 0.3) is 5.65 Å². The zero-order chi connectivity index (χ0) is 20.8. The molecular formula is C22H19ClN3O3S+. The summed E-state index contributed by atoms with van der Waals surface area (Å²) in [5.41, 5.74) is 3.12. The van der Waals surface area contributed by atoms with Crippen LogP contribution in [-0.4, -0.2) is 23.6 Å². The van der Waals surface area contributed by atoms with Gasteiger partial charge in [0.05, 0.1) is 25.3 Å². The number of rotatable bonds is 4. The summed E-state index contributed by atoms with van der Waals surface area (Å²) in [6, 6.07) is 11.4. The third-order valence-corrected chi connectivity index (χ3v) is 6.75. The molecule has 1 aromatic carbocycles. The van der Waals surface area contributed by atoms with Gasteiger partial charge >= 0.3 is 11.4 Å². The molecule has 0 saturated carbocycles. The van der Waals surface area contributed by atoms with E-state index >= 15 is 0 Å². The van der Waals surface area contributed by atoms with Crippen molar-refractivity contribution in [1.82, 2.24) is 9.38 Å². The Morgan fingerprint density at radius 3 is 2.67 bits per heavy atom. The summed E-state index contributed by atoms with van der Waals surface area (Å²) < 4.78 is 15.5. The number of benzene rings is 1. The maximum atomic E-state index is 13.6. The van der Waals surface area contributed by atoms with Crippen molar-refractivity contribution in [3.05, 3.63) is 74.1 Å². The molecule has 5 rings (SSSR count). The predicted molar refractivity (Wildman–Crippen MR) is 116 cm³/mol. The lowest BCUT2D eigenvalue weighted by molar-refractivity contribution is -0.699. The number of halogens is 1. The lowest BCUT2D eigenvalue weighted by atomic mass is 9.99. The number of aryl methyl sites for hydroxylation is 1. The van der Waals surface area contributed by atoms with E-state index < -0.39 is 0 Å². The summed E-state index contributed by atoms with van der Waals surface area (Å²) in [5, 5.41) is 0. The Bertz CT molecular complexity index is 1310. The number of pyridine rings is 1. The number of aromatic nitrogens is 3. The van der Waals surface area contributed by atoms with Crippen molar-refractivity contribution in [2.75, 3.05) is 14.2 Å². The summed E-state index contributed by atoms with van der Waals surface area (Å²) in [6.07, 6.45) is 5.35. The first-order chi connectivity index (χ1) is 14.6. The van der Waals surface area contributed by atoms with Gasteiger partial charge in [-0.1, -0.05) is 23.7 Å². The van der Waals surface area contributed by atoms with E-state index in [0.717, 1.165) is 40.2 Å².